The highest BCUT2D eigenvalue weighted by molar-refractivity contribution is 5.76. The fourth-order valence-electron chi connectivity index (χ4n) is 5.01. The Balaban J connectivity index is 1.36. The maximum absolute atomic E-state index is 12.7. The summed E-state index contributed by atoms with van der Waals surface area (Å²) in [6.45, 7) is 1.30. The van der Waals surface area contributed by atoms with Crippen molar-refractivity contribution in [1.82, 2.24) is 15.1 Å². The molecule has 2 aliphatic carbocycles. The maximum atomic E-state index is 12.7. The molecule has 196 valence electrons. The topological polar surface area (TPSA) is 138 Å². The number of piperazine rings is 1. The number of carbonyl (C=O) groups excluding carboxylic acids is 2. The van der Waals surface area contributed by atoms with E-state index >= 15 is 0 Å². The minimum atomic E-state index is -1.13. The molecule has 3 aliphatic rings. The largest absolute Gasteiger partial charge is 0.480 e. The Morgan fingerprint density at radius 3 is 2.49 bits per heavy atom. The van der Waals surface area contributed by atoms with E-state index in [2.05, 4.69) is 17.2 Å². The monoisotopic (exact) mass is 495 g/mol. The average molecular weight is 496 g/mol. The molecular formula is C24H37N3O8. The molecule has 0 spiro atoms. The zero-order chi connectivity index (χ0) is 25.2. The van der Waals surface area contributed by atoms with Crippen molar-refractivity contribution in [2.45, 2.75) is 44.6 Å². The standard InChI is InChI=1S/C24H37N3O8/c1-33-16-23(31)34-14-17-12-27(11-10-26(17)13-22(29)30)21(28)8-9-25-24(32)35-15-20-18-6-4-2-3-5-7-19(18)20/h17-20,24-25,32H,4-16H2,1H3,(H,29,30)/t17?,18-,19+,20?,24?. The molecule has 35 heavy (non-hydrogen) atoms. The van der Waals surface area contributed by atoms with Crippen LogP contribution in [0.5, 0.6) is 0 Å². The van der Waals surface area contributed by atoms with Crippen LogP contribution in [-0.4, -0.2) is 110 Å². The van der Waals surface area contributed by atoms with Crippen molar-refractivity contribution in [1.29, 1.82) is 0 Å². The van der Waals surface area contributed by atoms with Crippen LogP contribution in [0, 0.1) is 29.6 Å². The smallest absolute Gasteiger partial charge is 0.332 e. The lowest BCUT2D eigenvalue weighted by molar-refractivity contribution is -0.152. The van der Waals surface area contributed by atoms with Gasteiger partial charge in [0.2, 0.25) is 12.3 Å². The molecular weight excluding hydrogens is 458 g/mol. The highest BCUT2D eigenvalue weighted by atomic mass is 16.6. The van der Waals surface area contributed by atoms with Crippen molar-refractivity contribution < 1.29 is 38.8 Å². The number of methoxy groups -OCH3 is 1. The Morgan fingerprint density at radius 1 is 1.11 bits per heavy atom. The number of carboxylic acids is 1. The lowest BCUT2D eigenvalue weighted by Crippen LogP contribution is -2.57. The third-order valence-electron chi connectivity index (χ3n) is 6.94. The zero-order valence-corrected chi connectivity index (χ0v) is 20.3. The summed E-state index contributed by atoms with van der Waals surface area (Å²) in [5.74, 6) is 6.44. The molecule has 11 heteroatoms. The number of nitrogens with zero attached hydrogens (tertiary/aromatic N) is 2. The van der Waals surface area contributed by atoms with E-state index < -0.39 is 24.4 Å². The van der Waals surface area contributed by atoms with Crippen LogP contribution in [-0.2, 0) is 28.6 Å². The van der Waals surface area contributed by atoms with Gasteiger partial charge in [0.25, 0.3) is 0 Å². The van der Waals surface area contributed by atoms with Gasteiger partial charge >= 0.3 is 11.9 Å². The number of carbonyl (C=O) groups is 3. The number of carboxylic acid groups (broad SMARTS) is 1. The van der Waals surface area contributed by atoms with Crippen LogP contribution in [0.3, 0.4) is 0 Å². The summed E-state index contributed by atoms with van der Waals surface area (Å²) in [5.41, 5.74) is 0. The molecule has 2 fully saturated rings. The van der Waals surface area contributed by atoms with Crippen LogP contribution < -0.4 is 5.32 Å². The van der Waals surface area contributed by atoms with E-state index in [0.717, 1.165) is 25.7 Å². The molecule has 0 aromatic heterocycles. The molecule has 3 rings (SSSR count). The third kappa shape index (κ3) is 8.74. The molecule has 5 atom stereocenters. The van der Waals surface area contributed by atoms with Gasteiger partial charge < -0.3 is 29.3 Å². The van der Waals surface area contributed by atoms with Crippen LogP contribution in [0.2, 0.25) is 0 Å². The lowest BCUT2D eigenvalue weighted by atomic mass is 10.1. The quantitative estimate of drug-likeness (QED) is 0.174. The number of aliphatic carboxylic acids is 1. The van der Waals surface area contributed by atoms with Gasteiger partial charge in [-0.25, -0.2) is 4.79 Å². The summed E-state index contributed by atoms with van der Waals surface area (Å²) in [4.78, 5) is 38.8. The fourth-order valence-corrected chi connectivity index (χ4v) is 5.01. The summed E-state index contributed by atoms with van der Waals surface area (Å²) >= 11 is 0. The summed E-state index contributed by atoms with van der Waals surface area (Å²) in [6, 6.07) is -0.424. The van der Waals surface area contributed by atoms with Gasteiger partial charge in [-0.3, -0.25) is 19.8 Å². The van der Waals surface area contributed by atoms with Gasteiger partial charge in [0.1, 0.15) is 13.2 Å². The van der Waals surface area contributed by atoms with Crippen LogP contribution in [0.25, 0.3) is 0 Å². The first-order valence-electron chi connectivity index (χ1n) is 12.3. The molecule has 1 aliphatic heterocycles. The first kappa shape index (κ1) is 27.4. The molecule has 1 amide bonds. The number of fused-ring (bicyclic) bond motifs is 1. The summed E-state index contributed by atoms with van der Waals surface area (Å²) in [7, 11) is 1.38. The second-order valence-electron chi connectivity index (χ2n) is 9.29. The second kappa shape index (κ2) is 13.8. The van der Waals surface area contributed by atoms with Gasteiger partial charge in [0.05, 0.1) is 19.2 Å². The summed E-state index contributed by atoms with van der Waals surface area (Å²) in [5, 5.41) is 22.1. The first-order valence-corrected chi connectivity index (χ1v) is 12.3. The normalized spacial score (nSPS) is 27.0. The van der Waals surface area contributed by atoms with Crippen molar-refractivity contribution in [2.75, 3.05) is 59.7 Å². The van der Waals surface area contributed by atoms with E-state index in [1.807, 2.05) is 0 Å². The summed E-state index contributed by atoms with van der Waals surface area (Å²) in [6.07, 6.45) is 3.07. The van der Waals surface area contributed by atoms with Crippen molar-refractivity contribution in [3.8, 4) is 11.8 Å². The SMILES string of the molecule is COCC(=O)OCC1CN(C(=O)CCNC(O)OCC2[C@H]3CCC#CCC[C@@H]23)CCN1CC(=O)O. The molecule has 1 saturated heterocycles. The number of aliphatic hydroxyl groups is 1. The van der Waals surface area contributed by atoms with Gasteiger partial charge in [-0.1, -0.05) is 0 Å². The highest BCUT2D eigenvalue weighted by Crippen LogP contribution is 2.52. The van der Waals surface area contributed by atoms with Crippen LogP contribution >= 0.6 is 0 Å². The molecule has 3 N–H and O–H groups in total. The number of esters is 1. The van der Waals surface area contributed by atoms with Gasteiger partial charge in [0, 0.05) is 52.6 Å². The molecule has 1 saturated carbocycles. The lowest BCUT2D eigenvalue weighted by Gasteiger charge is -2.40. The van der Waals surface area contributed by atoms with Gasteiger partial charge in [-0.15, -0.1) is 11.8 Å². The number of amides is 1. The third-order valence-corrected chi connectivity index (χ3v) is 6.94. The average Bonchev–Trinajstić information content (AvgIpc) is 3.45. The van der Waals surface area contributed by atoms with Crippen LogP contribution in [0.15, 0.2) is 0 Å². The summed E-state index contributed by atoms with van der Waals surface area (Å²) < 4.78 is 15.5. The molecule has 0 aromatic rings. The highest BCUT2D eigenvalue weighted by Gasteiger charge is 2.48. The minimum absolute atomic E-state index is 0.0284. The Kier molecular flexibility index (Phi) is 10.7. The predicted octanol–water partition coefficient (Wildman–Crippen LogP) is -0.515. The van der Waals surface area contributed by atoms with E-state index in [1.54, 1.807) is 9.80 Å². The van der Waals surface area contributed by atoms with Crippen LogP contribution in [0.1, 0.15) is 32.1 Å². The number of hydrogen-bond acceptors (Lipinski definition) is 9. The van der Waals surface area contributed by atoms with Gasteiger partial charge in [-0.05, 0) is 30.6 Å². The fraction of sp³-hybridized carbons (Fsp3) is 0.792. The maximum Gasteiger partial charge on any atom is 0.332 e. The van der Waals surface area contributed by atoms with Crippen molar-refractivity contribution in [3.63, 3.8) is 0 Å². The van der Waals surface area contributed by atoms with E-state index in [1.165, 1.54) is 7.11 Å². The number of aliphatic hydroxyl groups excluding tert-OH is 1. The Morgan fingerprint density at radius 2 is 1.83 bits per heavy atom. The number of rotatable bonds is 13. The molecule has 1 heterocycles. The van der Waals surface area contributed by atoms with Crippen molar-refractivity contribution >= 4 is 17.8 Å². The minimum Gasteiger partial charge on any atom is -0.480 e. The first-order chi connectivity index (χ1) is 16.9. The molecule has 0 aromatic carbocycles. The van der Waals surface area contributed by atoms with Crippen molar-refractivity contribution in [3.05, 3.63) is 0 Å². The van der Waals surface area contributed by atoms with E-state index in [4.69, 9.17) is 19.3 Å². The van der Waals surface area contributed by atoms with Gasteiger partial charge in [0.15, 0.2) is 0 Å². The Bertz CT molecular complexity index is 779. The molecule has 0 radical (unpaired) electrons. The van der Waals surface area contributed by atoms with E-state index in [9.17, 15) is 19.5 Å². The molecule has 3 unspecified atom stereocenters. The van der Waals surface area contributed by atoms with E-state index in [-0.39, 0.29) is 45.2 Å². The van der Waals surface area contributed by atoms with Crippen molar-refractivity contribution in [2.24, 2.45) is 17.8 Å². The van der Waals surface area contributed by atoms with Gasteiger partial charge in [-0.2, -0.15) is 0 Å². The molecule has 0 bridgehead atoms. The Labute approximate surface area is 206 Å². The zero-order valence-electron chi connectivity index (χ0n) is 20.3. The number of nitrogens with one attached hydrogen (secondary N) is 1. The Hall–Kier alpha value is -2.23. The predicted molar refractivity (Wildman–Crippen MR) is 124 cm³/mol. The number of ether oxygens (including phenoxy) is 3. The van der Waals surface area contributed by atoms with E-state index in [0.29, 0.717) is 37.5 Å². The second-order valence-corrected chi connectivity index (χ2v) is 9.29. The molecule has 11 nitrogen and oxygen atoms in total. The number of hydrogen-bond donors (Lipinski definition) is 3. The van der Waals surface area contributed by atoms with Crippen LogP contribution in [0.4, 0.5) is 0 Å².